The number of aliphatic hydroxyl groups excluding tert-OH is 2. The van der Waals surface area contributed by atoms with Crippen LogP contribution in [0.5, 0.6) is 0 Å². The molecule has 206 valence electrons. The fourth-order valence-corrected chi connectivity index (χ4v) is 5.77. The van der Waals surface area contributed by atoms with Gasteiger partial charge in [0.25, 0.3) is 5.91 Å². The fraction of sp³-hybridized carbons (Fsp3) is 0.533. The largest absolute Gasteiger partial charge is 0.388 e. The maximum atomic E-state index is 12.9. The lowest BCUT2D eigenvalue weighted by molar-refractivity contribution is -0.138. The van der Waals surface area contributed by atoms with Crippen molar-refractivity contribution < 1.29 is 19.8 Å². The lowest BCUT2D eigenvalue weighted by Gasteiger charge is -2.28. The molecule has 2 aliphatic rings. The first-order chi connectivity index (χ1) is 18.4. The van der Waals surface area contributed by atoms with Crippen LogP contribution in [-0.4, -0.2) is 64.3 Å². The van der Waals surface area contributed by atoms with Crippen molar-refractivity contribution in [2.24, 2.45) is 5.92 Å². The average molecular weight is 542 g/mol. The summed E-state index contributed by atoms with van der Waals surface area (Å²) in [6.45, 7) is 2.32. The predicted octanol–water partition coefficient (Wildman–Crippen LogP) is 3.45. The Labute approximate surface area is 230 Å². The van der Waals surface area contributed by atoms with Crippen LogP contribution in [0.25, 0.3) is 0 Å². The average Bonchev–Trinajstić information content (AvgIpc) is 3.60. The minimum Gasteiger partial charge on any atom is -0.388 e. The number of hydrogen-bond acceptors (Lipinski definition) is 5. The number of aliphatic hydroxyl groups is 2. The lowest BCUT2D eigenvalue weighted by Crippen LogP contribution is -2.55. The molecular weight excluding hydrogens is 502 g/mol. The summed E-state index contributed by atoms with van der Waals surface area (Å²) in [7, 11) is 0. The first-order valence-electron chi connectivity index (χ1n) is 13.8. The van der Waals surface area contributed by atoms with Gasteiger partial charge in [0.15, 0.2) is 6.10 Å². The Morgan fingerprint density at radius 1 is 0.974 bits per heavy atom. The molecule has 1 heterocycles. The number of carbonyl (C=O) groups excluding carboxylic acids is 2. The third-order valence-corrected chi connectivity index (χ3v) is 8.09. The number of carbonyl (C=O) groups is 2. The van der Waals surface area contributed by atoms with E-state index in [0.29, 0.717) is 23.9 Å². The molecule has 0 spiro atoms. The van der Waals surface area contributed by atoms with Gasteiger partial charge >= 0.3 is 0 Å². The van der Waals surface area contributed by atoms with E-state index in [4.69, 9.17) is 11.6 Å². The standard InChI is InChI=1S/C30H40ClN3O4/c31-24-13-10-22(11-14-24)18-26(33-27(35)15-12-21-6-4-5-7-21)28(36)29(37)30(38)32-25-16-17-34(20-25)19-23-8-2-1-3-9-23/h1-3,8-11,13-14,21,25-26,28-29,36-37H,4-7,12,15-20H2,(H,32,38)(H,33,35). The lowest BCUT2D eigenvalue weighted by atomic mass is 9.96. The second-order valence-electron chi connectivity index (χ2n) is 10.8. The number of halogens is 1. The molecule has 1 aliphatic carbocycles. The molecule has 4 N–H and O–H groups in total. The van der Waals surface area contributed by atoms with E-state index in [2.05, 4.69) is 27.7 Å². The minimum atomic E-state index is -1.66. The molecule has 0 bridgehead atoms. The van der Waals surface area contributed by atoms with Crippen molar-refractivity contribution in [2.45, 2.75) is 82.2 Å². The van der Waals surface area contributed by atoms with Gasteiger partial charge in [0.1, 0.15) is 6.10 Å². The molecule has 38 heavy (non-hydrogen) atoms. The quantitative estimate of drug-likeness (QED) is 0.330. The highest BCUT2D eigenvalue weighted by atomic mass is 35.5. The van der Waals surface area contributed by atoms with E-state index in [1.165, 1.54) is 18.4 Å². The number of benzene rings is 2. The fourth-order valence-electron chi connectivity index (χ4n) is 5.64. The number of rotatable bonds is 12. The van der Waals surface area contributed by atoms with Crippen molar-refractivity contribution in [3.63, 3.8) is 0 Å². The van der Waals surface area contributed by atoms with E-state index >= 15 is 0 Å². The van der Waals surface area contributed by atoms with Gasteiger partial charge in [-0.3, -0.25) is 14.5 Å². The van der Waals surface area contributed by atoms with E-state index in [1.54, 1.807) is 12.1 Å². The van der Waals surface area contributed by atoms with E-state index in [-0.39, 0.29) is 18.4 Å². The van der Waals surface area contributed by atoms with Gasteiger partial charge in [0, 0.05) is 37.1 Å². The van der Waals surface area contributed by atoms with Crippen LogP contribution < -0.4 is 10.6 Å². The summed E-state index contributed by atoms with van der Waals surface area (Å²) in [5.74, 6) is -0.218. The zero-order chi connectivity index (χ0) is 26.9. The monoisotopic (exact) mass is 541 g/mol. The summed E-state index contributed by atoms with van der Waals surface area (Å²) < 4.78 is 0. The van der Waals surface area contributed by atoms with Crippen LogP contribution in [0.3, 0.4) is 0 Å². The second kappa shape index (κ2) is 14.1. The predicted molar refractivity (Wildman–Crippen MR) is 149 cm³/mol. The van der Waals surface area contributed by atoms with Crippen LogP contribution in [-0.2, 0) is 22.6 Å². The molecule has 4 rings (SSSR count). The normalized spacial score (nSPS) is 20.7. The van der Waals surface area contributed by atoms with E-state index in [9.17, 15) is 19.8 Å². The summed E-state index contributed by atoms with van der Waals surface area (Å²) in [6, 6.07) is 16.4. The van der Waals surface area contributed by atoms with Gasteiger partial charge in [0.05, 0.1) is 6.04 Å². The van der Waals surface area contributed by atoms with E-state index in [1.807, 2.05) is 30.3 Å². The summed E-state index contributed by atoms with van der Waals surface area (Å²) >= 11 is 6.01. The zero-order valence-electron chi connectivity index (χ0n) is 21.9. The molecule has 4 unspecified atom stereocenters. The Morgan fingerprint density at radius 3 is 2.39 bits per heavy atom. The van der Waals surface area contributed by atoms with Crippen molar-refractivity contribution in [3.05, 3.63) is 70.7 Å². The highest BCUT2D eigenvalue weighted by Gasteiger charge is 2.34. The SMILES string of the molecule is O=C(CCC1CCCC1)NC(Cc1ccc(Cl)cc1)C(O)C(O)C(=O)NC1CCN(Cc2ccccc2)C1. The van der Waals surface area contributed by atoms with Gasteiger partial charge in [-0.2, -0.15) is 0 Å². The van der Waals surface area contributed by atoms with Crippen molar-refractivity contribution in [2.75, 3.05) is 13.1 Å². The number of nitrogens with one attached hydrogen (secondary N) is 2. The molecule has 0 radical (unpaired) electrons. The number of amides is 2. The van der Waals surface area contributed by atoms with Crippen LogP contribution in [0.2, 0.25) is 5.02 Å². The number of likely N-dealkylation sites (tertiary alicyclic amines) is 1. The van der Waals surface area contributed by atoms with E-state index in [0.717, 1.165) is 44.3 Å². The minimum absolute atomic E-state index is 0.108. The molecule has 7 nitrogen and oxygen atoms in total. The van der Waals surface area contributed by atoms with Crippen molar-refractivity contribution >= 4 is 23.4 Å². The number of nitrogens with zero attached hydrogens (tertiary/aromatic N) is 1. The Balaban J connectivity index is 1.32. The first kappa shape index (κ1) is 28.6. The third-order valence-electron chi connectivity index (χ3n) is 7.84. The van der Waals surface area contributed by atoms with Crippen molar-refractivity contribution in [1.29, 1.82) is 0 Å². The second-order valence-corrected chi connectivity index (χ2v) is 11.3. The van der Waals surface area contributed by atoms with Gasteiger partial charge in [-0.05, 0) is 48.4 Å². The zero-order valence-corrected chi connectivity index (χ0v) is 22.7. The molecule has 2 aromatic rings. The molecule has 2 amide bonds. The molecule has 2 aromatic carbocycles. The Bertz CT molecular complexity index is 1030. The Kier molecular flexibility index (Phi) is 10.6. The summed E-state index contributed by atoms with van der Waals surface area (Å²) in [6.07, 6.45) is 3.87. The maximum Gasteiger partial charge on any atom is 0.251 e. The van der Waals surface area contributed by atoms with Gasteiger partial charge in [-0.15, -0.1) is 0 Å². The number of hydrogen-bond donors (Lipinski definition) is 4. The summed E-state index contributed by atoms with van der Waals surface area (Å²) in [5, 5.41) is 28.2. The van der Waals surface area contributed by atoms with Crippen LogP contribution in [0, 0.1) is 5.92 Å². The van der Waals surface area contributed by atoms with Crippen molar-refractivity contribution in [1.82, 2.24) is 15.5 Å². The molecule has 8 heteroatoms. The molecule has 1 saturated carbocycles. The molecule has 1 saturated heterocycles. The van der Waals surface area contributed by atoms with Gasteiger partial charge in [0.2, 0.25) is 5.91 Å². The molecule has 0 aromatic heterocycles. The molecular formula is C30H40ClN3O4. The van der Waals surface area contributed by atoms with Crippen LogP contribution >= 0.6 is 11.6 Å². The summed E-state index contributed by atoms with van der Waals surface area (Å²) in [5.41, 5.74) is 2.05. The summed E-state index contributed by atoms with van der Waals surface area (Å²) in [4.78, 5) is 28.0. The topological polar surface area (TPSA) is 102 Å². The Hall–Kier alpha value is -2.45. The maximum absolute atomic E-state index is 12.9. The molecule has 4 atom stereocenters. The smallest absolute Gasteiger partial charge is 0.251 e. The Morgan fingerprint density at radius 2 is 1.68 bits per heavy atom. The first-order valence-corrected chi connectivity index (χ1v) is 14.2. The van der Waals surface area contributed by atoms with Crippen LogP contribution in [0.1, 0.15) is 56.1 Å². The third kappa shape index (κ3) is 8.53. The van der Waals surface area contributed by atoms with Gasteiger partial charge in [-0.1, -0.05) is 79.7 Å². The van der Waals surface area contributed by atoms with Gasteiger partial charge < -0.3 is 20.8 Å². The van der Waals surface area contributed by atoms with Crippen molar-refractivity contribution in [3.8, 4) is 0 Å². The highest BCUT2D eigenvalue weighted by molar-refractivity contribution is 6.30. The highest BCUT2D eigenvalue weighted by Crippen LogP contribution is 2.28. The van der Waals surface area contributed by atoms with Crippen LogP contribution in [0.4, 0.5) is 0 Å². The van der Waals surface area contributed by atoms with E-state index < -0.39 is 24.2 Å². The molecule has 2 fully saturated rings. The van der Waals surface area contributed by atoms with Gasteiger partial charge in [-0.25, -0.2) is 0 Å². The molecule has 1 aliphatic heterocycles. The van der Waals surface area contributed by atoms with Crippen LogP contribution in [0.15, 0.2) is 54.6 Å².